The van der Waals surface area contributed by atoms with Gasteiger partial charge in [-0.2, -0.15) is 0 Å². The van der Waals surface area contributed by atoms with Crippen molar-refractivity contribution >= 4 is 17.0 Å². The van der Waals surface area contributed by atoms with E-state index in [9.17, 15) is 10.2 Å². The van der Waals surface area contributed by atoms with Crippen LogP contribution in [0.25, 0.3) is 11.2 Å². The van der Waals surface area contributed by atoms with Crippen molar-refractivity contribution in [2.45, 2.75) is 31.4 Å². The number of anilines is 1. The van der Waals surface area contributed by atoms with Gasteiger partial charge < -0.3 is 20.3 Å². The summed E-state index contributed by atoms with van der Waals surface area (Å²) >= 11 is 0. The van der Waals surface area contributed by atoms with Crippen molar-refractivity contribution in [3.63, 3.8) is 0 Å². The largest absolute Gasteiger partial charge is 0.394 e. The third kappa shape index (κ3) is 3.07. The van der Waals surface area contributed by atoms with Gasteiger partial charge in [-0.1, -0.05) is 30.3 Å². The summed E-state index contributed by atoms with van der Waals surface area (Å²) in [7, 11) is 0. The van der Waals surface area contributed by atoms with Crippen molar-refractivity contribution in [1.82, 2.24) is 19.5 Å². The number of nitrogens with one attached hydrogen (secondary N) is 1. The van der Waals surface area contributed by atoms with E-state index in [0.717, 1.165) is 5.56 Å². The SMILES string of the molecule is OCC1O[C@@H](n2cnc3c(NCc4ccccc4)ncnc32)C[C@H]1O. The maximum absolute atomic E-state index is 9.93. The number of benzene rings is 1. The van der Waals surface area contributed by atoms with Crippen molar-refractivity contribution in [3.8, 4) is 0 Å². The predicted octanol–water partition coefficient (Wildman–Crippen LogP) is 1.08. The number of hydrogen-bond acceptors (Lipinski definition) is 7. The monoisotopic (exact) mass is 341 g/mol. The van der Waals surface area contributed by atoms with Crippen molar-refractivity contribution < 1.29 is 14.9 Å². The summed E-state index contributed by atoms with van der Waals surface area (Å²) in [6.07, 6.45) is 1.79. The van der Waals surface area contributed by atoms with Crippen LogP contribution in [0.1, 0.15) is 18.2 Å². The molecule has 8 heteroatoms. The van der Waals surface area contributed by atoms with Crippen LogP contribution in [-0.2, 0) is 11.3 Å². The Hall–Kier alpha value is -2.55. The quantitative estimate of drug-likeness (QED) is 0.638. The minimum absolute atomic E-state index is 0.219. The molecule has 25 heavy (non-hydrogen) atoms. The molecular weight excluding hydrogens is 322 g/mol. The van der Waals surface area contributed by atoms with Crippen LogP contribution in [0.15, 0.2) is 43.0 Å². The predicted molar refractivity (Wildman–Crippen MR) is 90.7 cm³/mol. The molecule has 3 aromatic rings. The molecule has 0 bridgehead atoms. The van der Waals surface area contributed by atoms with Gasteiger partial charge in [0.25, 0.3) is 0 Å². The van der Waals surface area contributed by atoms with Crippen LogP contribution in [0, 0.1) is 0 Å². The first-order valence-corrected chi connectivity index (χ1v) is 8.16. The number of aliphatic hydroxyl groups is 2. The average molecular weight is 341 g/mol. The number of nitrogens with zero attached hydrogens (tertiary/aromatic N) is 4. The molecule has 3 atom stereocenters. The lowest BCUT2D eigenvalue weighted by molar-refractivity contribution is -0.0432. The number of aliphatic hydroxyl groups excluding tert-OH is 2. The molecule has 1 fully saturated rings. The van der Waals surface area contributed by atoms with Crippen LogP contribution in [0.2, 0.25) is 0 Å². The van der Waals surface area contributed by atoms with Gasteiger partial charge in [-0.25, -0.2) is 15.0 Å². The van der Waals surface area contributed by atoms with Crippen molar-refractivity contribution in [1.29, 1.82) is 0 Å². The van der Waals surface area contributed by atoms with E-state index in [0.29, 0.717) is 29.9 Å². The van der Waals surface area contributed by atoms with Gasteiger partial charge in [-0.3, -0.25) is 4.57 Å². The first kappa shape index (κ1) is 15.9. The molecule has 3 heterocycles. The van der Waals surface area contributed by atoms with Crippen LogP contribution in [0.3, 0.4) is 0 Å². The highest BCUT2D eigenvalue weighted by molar-refractivity contribution is 5.82. The standard InChI is InChI=1S/C17H19N5O3/c23-8-13-12(24)6-14(25-13)22-10-21-15-16(19-9-20-17(15)22)18-7-11-4-2-1-3-5-11/h1-5,9-10,12-14,23-24H,6-8H2,(H,18,19,20)/t12-,13?,14-/m1/s1. The number of imidazole rings is 1. The highest BCUT2D eigenvalue weighted by atomic mass is 16.5. The Bertz CT molecular complexity index is 854. The second kappa shape index (κ2) is 6.75. The van der Waals surface area contributed by atoms with Crippen LogP contribution >= 0.6 is 0 Å². The minimum atomic E-state index is -0.704. The van der Waals surface area contributed by atoms with Crippen molar-refractivity contribution in [3.05, 3.63) is 48.5 Å². The normalized spacial score (nSPS) is 23.2. The fourth-order valence-corrected chi connectivity index (χ4v) is 3.02. The first-order valence-electron chi connectivity index (χ1n) is 8.16. The number of fused-ring (bicyclic) bond motifs is 1. The Morgan fingerprint density at radius 1 is 1.20 bits per heavy atom. The molecule has 8 nitrogen and oxygen atoms in total. The second-order valence-electron chi connectivity index (χ2n) is 6.00. The van der Waals surface area contributed by atoms with Crippen LogP contribution in [0.5, 0.6) is 0 Å². The van der Waals surface area contributed by atoms with E-state index in [4.69, 9.17) is 4.74 Å². The van der Waals surface area contributed by atoms with Crippen LogP contribution in [-0.4, -0.2) is 48.5 Å². The fraction of sp³-hybridized carbons (Fsp3) is 0.353. The van der Waals surface area contributed by atoms with E-state index in [1.54, 1.807) is 10.9 Å². The molecule has 0 amide bonds. The molecule has 2 aromatic heterocycles. The number of aromatic nitrogens is 4. The fourth-order valence-electron chi connectivity index (χ4n) is 3.02. The van der Waals surface area contributed by atoms with E-state index >= 15 is 0 Å². The minimum Gasteiger partial charge on any atom is -0.394 e. The molecule has 1 aliphatic rings. The van der Waals surface area contributed by atoms with Crippen molar-refractivity contribution in [2.24, 2.45) is 0 Å². The zero-order chi connectivity index (χ0) is 17.2. The molecule has 1 aromatic carbocycles. The molecule has 0 radical (unpaired) electrons. The molecule has 4 rings (SSSR count). The lowest BCUT2D eigenvalue weighted by atomic mass is 10.2. The molecular formula is C17H19N5O3. The van der Waals surface area contributed by atoms with Crippen molar-refractivity contribution in [2.75, 3.05) is 11.9 Å². The molecule has 1 saturated heterocycles. The number of ether oxygens (including phenoxy) is 1. The molecule has 3 N–H and O–H groups in total. The first-order chi connectivity index (χ1) is 12.3. The van der Waals surface area contributed by atoms with Gasteiger partial charge in [0.05, 0.1) is 19.0 Å². The maximum atomic E-state index is 9.93. The maximum Gasteiger partial charge on any atom is 0.167 e. The van der Waals surface area contributed by atoms with Gasteiger partial charge in [0.1, 0.15) is 18.7 Å². The summed E-state index contributed by atoms with van der Waals surface area (Å²) in [5, 5.41) is 22.5. The van der Waals surface area contributed by atoms with Gasteiger partial charge in [-0.05, 0) is 5.56 Å². The van der Waals surface area contributed by atoms with E-state index < -0.39 is 18.4 Å². The van der Waals surface area contributed by atoms with Gasteiger partial charge in [-0.15, -0.1) is 0 Å². The Morgan fingerprint density at radius 3 is 2.80 bits per heavy atom. The summed E-state index contributed by atoms with van der Waals surface area (Å²) in [6.45, 7) is 0.411. The molecule has 1 aliphatic heterocycles. The van der Waals surface area contributed by atoms with E-state index in [-0.39, 0.29) is 6.61 Å². The van der Waals surface area contributed by atoms with E-state index in [2.05, 4.69) is 20.3 Å². The lowest BCUT2D eigenvalue weighted by Crippen LogP contribution is -2.24. The van der Waals surface area contributed by atoms with E-state index in [1.165, 1.54) is 6.33 Å². The molecule has 0 spiro atoms. The Labute approximate surface area is 144 Å². The van der Waals surface area contributed by atoms with Gasteiger partial charge in [0, 0.05) is 13.0 Å². The van der Waals surface area contributed by atoms with E-state index in [1.807, 2.05) is 30.3 Å². The summed E-state index contributed by atoms with van der Waals surface area (Å²) in [5.74, 6) is 0.643. The summed E-state index contributed by atoms with van der Waals surface area (Å²) in [5.41, 5.74) is 2.41. The highest BCUT2D eigenvalue weighted by Gasteiger charge is 2.35. The third-order valence-corrected chi connectivity index (χ3v) is 4.36. The zero-order valence-corrected chi connectivity index (χ0v) is 13.5. The summed E-state index contributed by atoms with van der Waals surface area (Å²) in [6, 6.07) is 10.0. The van der Waals surface area contributed by atoms with Gasteiger partial charge >= 0.3 is 0 Å². The highest BCUT2D eigenvalue weighted by Crippen LogP contribution is 2.31. The number of hydrogen-bond donors (Lipinski definition) is 3. The smallest absolute Gasteiger partial charge is 0.167 e. The van der Waals surface area contributed by atoms with Crippen LogP contribution < -0.4 is 5.32 Å². The van der Waals surface area contributed by atoms with Gasteiger partial charge in [0.2, 0.25) is 0 Å². The second-order valence-corrected chi connectivity index (χ2v) is 6.00. The Morgan fingerprint density at radius 2 is 2.04 bits per heavy atom. The zero-order valence-electron chi connectivity index (χ0n) is 13.5. The Kier molecular flexibility index (Phi) is 4.31. The third-order valence-electron chi connectivity index (χ3n) is 4.36. The molecule has 0 aliphatic carbocycles. The number of rotatable bonds is 5. The lowest BCUT2D eigenvalue weighted by Gasteiger charge is -2.13. The van der Waals surface area contributed by atoms with Gasteiger partial charge in [0.15, 0.2) is 17.0 Å². The molecule has 1 unspecified atom stereocenters. The molecule has 0 saturated carbocycles. The summed E-state index contributed by atoms with van der Waals surface area (Å²) in [4.78, 5) is 13.0. The topological polar surface area (TPSA) is 105 Å². The van der Waals surface area contributed by atoms with Crippen LogP contribution in [0.4, 0.5) is 5.82 Å². The summed E-state index contributed by atoms with van der Waals surface area (Å²) < 4.78 is 7.45. The molecule has 130 valence electrons. The Balaban J connectivity index is 1.58. The average Bonchev–Trinajstić information content (AvgIpc) is 3.24.